The molecular weight excluding hydrogens is 594 g/mol. The van der Waals surface area contributed by atoms with Crippen molar-refractivity contribution in [3.05, 3.63) is 65.2 Å². The quantitative estimate of drug-likeness (QED) is 0.330. The normalized spacial score (nSPS) is 28.8. The van der Waals surface area contributed by atoms with Crippen molar-refractivity contribution in [2.75, 3.05) is 31.3 Å². The van der Waals surface area contributed by atoms with Crippen LogP contribution in [0.15, 0.2) is 42.5 Å². The van der Waals surface area contributed by atoms with E-state index in [9.17, 15) is 27.5 Å². The van der Waals surface area contributed by atoms with Crippen LogP contribution in [0.2, 0.25) is 0 Å². The molecule has 0 radical (unpaired) electrons. The molecule has 2 aromatic rings. The average molecular weight is 635 g/mol. The van der Waals surface area contributed by atoms with Crippen LogP contribution < -0.4 is 16.0 Å². The van der Waals surface area contributed by atoms with Crippen LogP contribution in [-0.4, -0.2) is 80.0 Å². The van der Waals surface area contributed by atoms with E-state index in [0.29, 0.717) is 57.2 Å². The van der Waals surface area contributed by atoms with Gasteiger partial charge in [-0.25, -0.2) is 22.0 Å². The Morgan fingerprint density at radius 2 is 1.86 bits per heavy atom. The number of nitrogens with one attached hydrogen (secondary N) is 3. The molecular formula is C31H40F2N4O6S. The number of carbonyl (C=O) groups excluding carboxylic acids is 1. The van der Waals surface area contributed by atoms with Crippen molar-refractivity contribution in [2.24, 2.45) is 0 Å². The number of sulfonamides is 1. The van der Waals surface area contributed by atoms with Crippen molar-refractivity contribution in [1.29, 1.82) is 0 Å². The van der Waals surface area contributed by atoms with Gasteiger partial charge < -0.3 is 25.8 Å². The molecule has 240 valence electrons. The number of rotatable bonds is 9. The number of carboxylic acid groups (broad SMARTS) is 1. The van der Waals surface area contributed by atoms with Crippen LogP contribution in [0.3, 0.4) is 0 Å². The van der Waals surface area contributed by atoms with Crippen molar-refractivity contribution in [3.8, 4) is 0 Å². The fraction of sp³-hybridized carbons (Fsp3) is 0.548. The van der Waals surface area contributed by atoms with Crippen LogP contribution in [0.4, 0.5) is 19.3 Å². The van der Waals surface area contributed by atoms with Crippen molar-refractivity contribution < 1.29 is 36.6 Å². The summed E-state index contributed by atoms with van der Waals surface area (Å²) < 4.78 is 62.1. The number of hydrogen-bond acceptors (Lipinski definition) is 6. The Bertz CT molecular complexity index is 1450. The van der Waals surface area contributed by atoms with Crippen molar-refractivity contribution in [1.82, 2.24) is 14.9 Å². The number of ether oxygens (including phenoxy) is 1. The first-order chi connectivity index (χ1) is 21.0. The molecule has 1 aliphatic carbocycles. The number of amides is 2. The lowest BCUT2D eigenvalue weighted by molar-refractivity contribution is -0.120. The van der Waals surface area contributed by atoms with Crippen LogP contribution in [-0.2, 0) is 31.4 Å². The molecule has 2 bridgehead atoms. The molecule has 0 aromatic heterocycles. The lowest BCUT2D eigenvalue weighted by atomic mass is 9.64. The Morgan fingerprint density at radius 3 is 2.55 bits per heavy atom. The second kappa shape index (κ2) is 13.5. The first kappa shape index (κ1) is 32.3. The maximum absolute atomic E-state index is 15.3. The maximum Gasteiger partial charge on any atom is 0.405 e. The summed E-state index contributed by atoms with van der Waals surface area (Å²) in [6, 6.07) is 8.45. The van der Waals surface area contributed by atoms with Crippen LogP contribution in [0, 0.1) is 11.6 Å². The van der Waals surface area contributed by atoms with Gasteiger partial charge in [0.25, 0.3) is 0 Å². The zero-order valence-electron chi connectivity index (χ0n) is 24.7. The van der Waals surface area contributed by atoms with E-state index in [0.717, 1.165) is 6.42 Å². The van der Waals surface area contributed by atoms with Crippen LogP contribution in [0.1, 0.15) is 56.1 Å². The Hall–Kier alpha value is -3.13. The monoisotopic (exact) mass is 634 g/mol. The molecule has 2 aromatic carbocycles. The smallest absolute Gasteiger partial charge is 0.405 e. The molecule has 2 heterocycles. The van der Waals surface area contributed by atoms with Gasteiger partial charge in [0.1, 0.15) is 17.7 Å². The average Bonchev–Trinajstić information content (AvgIpc) is 3.11. The highest BCUT2D eigenvalue weighted by atomic mass is 32.2. The minimum absolute atomic E-state index is 0.0653. The Labute approximate surface area is 256 Å². The van der Waals surface area contributed by atoms with Gasteiger partial charge in [-0.15, -0.1) is 0 Å². The Kier molecular flexibility index (Phi) is 9.88. The van der Waals surface area contributed by atoms with E-state index in [4.69, 9.17) is 4.74 Å². The summed E-state index contributed by atoms with van der Waals surface area (Å²) >= 11 is 0. The Morgan fingerprint density at radius 1 is 1.14 bits per heavy atom. The summed E-state index contributed by atoms with van der Waals surface area (Å²) in [6.07, 6.45) is 2.29. The number of piperazine rings is 1. The van der Waals surface area contributed by atoms with Crippen molar-refractivity contribution in [2.45, 2.75) is 81.0 Å². The summed E-state index contributed by atoms with van der Waals surface area (Å²) in [5, 5.41) is 18.4. The molecule has 2 saturated heterocycles. The highest BCUT2D eigenvalue weighted by Crippen LogP contribution is 2.43. The van der Waals surface area contributed by atoms with Gasteiger partial charge in [-0.3, -0.25) is 4.79 Å². The molecule has 1 unspecified atom stereocenters. The van der Waals surface area contributed by atoms with Crippen LogP contribution >= 0.6 is 0 Å². The first-order valence-electron chi connectivity index (χ1n) is 15.1. The third-order valence-electron chi connectivity index (χ3n) is 9.53. The van der Waals surface area contributed by atoms with Gasteiger partial charge in [-0.2, -0.15) is 4.31 Å². The minimum Gasteiger partial charge on any atom is -0.465 e. The highest BCUT2D eigenvalue weighted by Gasteiger charge is 2.48. The summed E-state index contributed by atoms with van der Waals surface area (Å²) in [4.78, 5) is 26.0. The zero-order valence-corrected chi connectivity index (χ0v) is 25.5. The number of methoxy groups -OCH3 is 1. The number of hydrogen-bond donors (Lipinski definition) is 4. The summed E-state index contributed by atoms with van der Waals surface area (Å²) in [7, 11) is -1.83. The number of nitrogens with zero attached hydrogens (tertiary/aromatic N) is 1. The molecule has 4 N–H and O–H groups in total. The number of benzene rings is 2. The predicted molar refractivity (Wildman–Crippen MR) is 161 cm³/mol. The molecule has 2 aliphatic heterocycles. The highest BCUT2D eigenvalue weighted by molar-refractivity contribution is 7.89. The van der Waals surface area contributed by atoms with Gasteiger partial charge in [0.05, 0.1) is 11.9 Å². The van der Waals surface area contributed by atoms with Crippen molar-refractivity contribution in [3.63, 3.8) is 0 Å². The Balaban J connectivity index is 1.41. The first-order valence-corrected chi connectivity index (χ1v) is 16.7. The lowest BCUT2D eigenvalue weighted by Crippen LogP contribution is -2.58. The van der Waals surface area contributed by atoms with Gasteiger partial charge in [-0.1, -0.05) is 18.2 Å². The zero-order chi connectivity index (χ0) is 31.5. The van der Waals surface area contributed by atoms with E-state index in [1.807, 2.05) is 0 Å². The molecule has 10 nitrogen and oxygen atoms in total. The van der Waals surface area contributed by atoms with E-state index in [-0.39, 0.29) is 41.6 Å². The molecule has 0 spiro atoms. The van der Waals surface area contributed by atoms with E-state index < -0.39 is 45.1 Å². The molecule has 3 fully saturated rings. The standard InChI is InChI=1S/C31H40F2N4O6S/c1-43-24-13-15-31(16-14-24,20-7-9-21(32)10-8-20)28(36-30(39)40)29(38)35-27-6-2-5-26(33)25(27)12-11-23-18-34-22-4-3-17-44(41,42)37(23)19-22/h2,5-10,22-24,28,34,36H,3-4,11-19H2,1H3,(H,35,38)(H,39,40)/t22-,23+,24-,28-,31-/m1/s1. The number of halogens is 2. The van der Waals surface area contributed by atoms with Gasteiger partial charge in [0, 0.05) is 48.9 Å². The number of anilines is 1. The molecule has 3 aliphatic rings. The van der Waals surface area contributed by atoms with E-state index in [2.05, 4.69) is 16.0 Å². The topological polar surface area (TPSA) is 137 Å². The summed E-state index contributed by atoms with van der Waals surface area (Å²) in [6.45, 7) is 0.832. The minimum atomic E-state index is -3.43. The molecule has 2 amide bonds. The van der Waals surface area contributed by atoms with E-state index >= 15 is 4.39 Å². The third-order valence-corrected chi connectivity index (χ3v) is 11.5. The molecule has 4 atom stereocenters. The summed E-state index contributed by atoms with van der Waals surface area (Å²) in [5.74, 6) is -1.60. The molecule has 13 heteroatoms. The van der Waals surface area contributed by atoms with Gasteiger partial charge in [0.15, 0.2) is 0 Å². The number of fused-ring (bicyclic) bond motifs is 2. The lowest BCUT2D eigenvalue weighted by Gasteiger charge is -2.44. The maximum atomic E-state index is 15.3. The van der Waals surface area contributed by atoms with Crippen LogP contribution in [0.5, 0.6) is 0 Å². The van der Waals surface area contributed by atoms with Gasteiger partial charge in [0.2, 0.25) is 15.9 Å². The van der Waals surface area contributed by atoms with E-state index in [1.54, 1.807) is 25.3 Å². The molecule has 44 heavy (non-hydrogen) atoms. The molecule has 1 saturated carbocycles. The fourth-order valence-electron chi connectivity index (χ4n) is 7.14. The SMILES string of the molecule is CO[C@H]1CC[C@](c2ccc(F)cc2)([C@H](NC(=O)O)C(=O)Nc2cccc(F)c2CC[C@H]2CN[C@@H]3CCCS(=O)(=O)N2C3)CC1. The van der Waals surface area contributed by atoms with Gasteiger partial charge in [-0.05, 0) is 81.2 Å². The predicted octanol–water partition coefficient (Wildman–Crippen LogP) is 3.77. The second-order valence-corrected chi connectivity index (χ2v) is 14.1. The van der Waals surface area contributed by atoms with Crippen molar-refractivity contribution >= 4 is 27.7 Å². The van der Waals surface area contributed by atoms with Crippen LogP contribution in [0.25, 0.3) is 0 Å². The third kappa shape index (κ3) is 6.90. The molecule has 5 rings (SSSR count). The summed E-state index contributed by atoms with van der Waals surface area (Å²) in [5.41, 5.74) is 0.00332. The van der Waals surface area contributed by atoms with Gasteiger partial charge >= 0.3 is 6.09 Å². The number of carbonyl (C=O) groups is 2. The van der Waals surface area contributed by atoms with E-state index in [1.165, 1.54) is 28.6 Å². The fourth-order valence-corrected chi connectivity index (χ4v) is 8.94. The largest absolute Gasteiger partial charge is 0.465 e. The second-order valence-electron chi connectivity index (χ2n) is 12.1.